The molecule has 0 atom stereocenters. The third-order valence-corrected chi connectivity index (χ3v) is 4.45. The minimum atomic E-state index is 0.201. The van der Waals surface area contributed by atoms with Gasteiger partial charge in [-0.2, -0.15) is 4.98 Å². The predicted molar refractivity (Wildman–Crippen MR) is 81.9 cm³/mol. The number of benzene rings is 1. The van der Waals surface area contributed by atoms with Gasteiger partial charge in [0.05, 0.1) is 6.42 Å². The van der Waals surface area contributed by atoms with E-state index in [-0.39, 0.29) is 18.1 Å². The summed E-state index contributed by atoms with van der Waals surface area (Å²) in [5.74, 6) is 1.52. The highest BCUT2D eigenvalue weighted by Crippen LogP contribution is 2.26. The maximum absolute atomic E-state index is 12.1. The van der Waals surface area contributed by atoms with Crippen LogP contribution in [-0.2, 0) is 17.6 Å². The summed E-state index contributed by atoms with van der Waals surface area (Å²) in [5, 5.41) is 3.96. The second-order valence-corrected chi connectivity index (χ2v) is 6.45. The molecule has 0 unspecified atom stereocenters. The molecule has 2 aromatic rings. The van der Waals surface area contributed by atoms with Crippen LogP contribution >= 0.6 is 15.9 Å². The molecule has 0 aliphatic heterocycles. The first-order chi connectivity index (χ1) is 10.2. The van der Waals surface area contributed by atoms with E-state index in [0.717, 1.165) is 35.7 Å². The summed E-state index contributed by atoms with van der Waals surface area (Å²) in [6.07, 6.45) is 5.24. The van der Waals surface area contributed by atoms with Crippen molar-refractivity contribution in [1.29, 1.82) is 0 Å². The molecule has 1 saturated carbocycles. The van der Waals surface area contributed by atoms with Crippen LogP contribution in [0.25, 0.3) is 0 Å². The number of carbonyl (C=O) groups is 1. The fourth-order valence-electron chi connectivity index (χ4n) is 2.76. The van der Waals surface area contributed by atoms with Crippen molar-refractivity contribution in [3.8, 4) is 0 Å². The van der Waals surface area contributed by atoms with Crippen molar-refractivity contribution >= 4 is 21.7 Å². The number of hydrogen-bond acceptors (Lipinski definition) is 4. The van der Waals surface area contributed by atoms with Gasteiger partial charge in [0.25, 0.3) is 0 Å². The molecular formula is C16H17BrN2O2. The lowest BCUT2D eigenvalue weighted by atomic mass is 10.0. The van der Waals surface area contributed by atoms with Crippen LogP contribution in [0.5, 0.6) is 0 Å². The van der Waals surface area contributed by atoms with Crippen LogP contribution in [0, 0.1) is 5.92 Å². The lowest BCUT2D eigenvalue weighted by Gasteiger charge is -2.04. The average molecular weight is 349 g/mol. The summed E-state index contributed by atoms with van der Waals surface area (Å²) in [4.78, 5) is 16.4. The first kappa shape index (κ1) is 14.4. The third kappa shape index (κ3) is 3.79. The molecule has 1 aromatic heterocycles. The van der Waals surface area contributed by atoms with Crippen LogP contribution in [0.15, 0.2) is 33.3 Å². The molecule has 1 aliphatic carbocycles. The number of hydrogen-bond donors (Lipinski definition) is 0. The normalized spacial score (nSPS) is 15.5. The van der Waals surface area contributed by atoms with Crippen molar-refractivity contribution in [3.63, 3.8) is 0 Å². The predicted octanol–water partition coefficient (Wildman–Crippen LogP) is 3.72. The summed E-state index contributed by atoms with van der Waals surface area (Å²) in [7, 11) is 0. The number of carbonyl (C=O) groups excluding carboxylic acids is 1. The van der Waals surface area contributed by atoms with Gasteiger partial charge in [-0.25, -0.2) is 0 Å². The number of ketones is 1. The fraction of sp³-hybridized carbons (Fsp3) is 0.438. The van der Waals surface area contributed by atoms with Gasteiger partial charge in [-0.05, 0) is 30.5 Å². The molecule has 3 rings (SSSR count). The van der Waals surface area contributed by atoms with Crippen LogP contribution in [0.3, 0.4) is 0 Å². The minimum Gasteiger partial charge on any atom is -0.339 e. The molecule has 21 heavy (non-hydrogen) atoms. The Balaban J connectivity index is 1.60. The Morgan fingerprint density at radius 1 is 1.24 bits per heavy atom. The number of aromatic nitrogens is 2. The van der Waals surface area contributed by atoms with Crippen molar-refractivity contribution < 1.29 is 9.32 Å². The Hall–Kier alpha value is -1.49. The average Bonchev–Trinajstić information content (AvgIpc) is 3.13. The standard InChI is InChI=1S/C16H17BrN2O2/c17-13-7-5-11(6-8-13)9-15-18-16(21-19-15)10-14(20)12-3-1-2-4-12/h5-8,12H,1-4,9-10H2. The minimum absolute atomic E-state index is 0.201. The zero-order chi connectivity index (χ0) is 14.7. The largest absolute Gasteiger partial charge is 0.339 e. The van der Waals surface area contributed by atoms with E-state index in [9.17, 15) is 4.79 Å². The van der Waals surface area contributed by atoms with E-state index in [2.05, 4.69) is 26.1 Å². The molecular weight excluding hydrogens is 332 g/mol. The van der Waals surface area contributed by atoms with Gasteiger partial charge < -0.3 is 4.52 Å². The van der Waals surface area contributed by atoms with E-state index in [1.165, 1.54) is 0 Å². The van der Waals surface area contributed by atoms with Crippen molar-refractivity contribution in [3.05, 3.63) is 46.0 Å². The van der Waals surface area contributed by atoms with Gasteiger partial charge in [-0.1, -0.05) is 46.1 Å². The lowest BCUT2D eigenvalue weighted by Crippen LogP contribution is -2.13. The topological polar surface area (TPSA) is 56.0 Å². The summed E-state index contributed by atoms with van der Waals surface area (Å²) in [5.41, 5.74) is 1.12. The smallest absolute Gasteiger partial charge is 0.234 e. The summed E-state index contributed by atoms with van der Waals surface area (Å²) < 4.78 is 6.24. The van der Waals surface area contributed by atoms with Gasteiger partial charge in [-0.15, -0.1) is 0 Å². The monoisotopic (exact) mass is 348 g/mol. The molecule has 5 heteroatoms. The first-order valence-corrected chi connectivity index (χ1v) is 8.08. The summed E-state index contributed by atoms with van der Waals surface area (Å²) >= 11 is 3.41. The highest BCUT2D eigenvalue weighted by Gasteiger charge is 2.24. The fourth-order valence-corrected chi connectivity index (χ4v) is 3.02. The number of nitrogens with zero attached hydrogens (tertiary/aromatic N) is 2. The van der Waals surface area contributed by atoms with Gasteiger partial charge in [0.15, 0.2) is 5.82 Å². The maximum atomic E-state index is 12.1. The second-order valence-electron chi connectivity index (χ2n) is 5.53. The Morgan fingerprint density at radius 3 is 2.67 bits per heavy atom. The highest BCUT2D eigenvalue weighted by molar-refractivity contribution is 9.10. The molecule has 4 nitrogen and oxygen atoms in total. The van der Waals surface area contributed by atoms with Crippen LogP contribution in [0.1, 0.15) is 43.0 Å². The molecule has 0 amide bonds. The van der Waals surface area contributed by atoms with Gasteiger partial charge in [0, 0.05) is 16.8 Å². The molecule has 110 valence electrons. The zero-order valence-electron chi connectivity index (χ0n) is 11.7. The van der Waals surface area contributed by atoms with Crippen LogP contribution in [0.4, 0.5) is 0 Å². The summed E-state index contributed by atoms with van der Waals surface area (Å²) in [6, 6.07) is 8.01. The Kier molecular flexibility index (Phi) is 4.48. The summed E-state index contributed by atoms with van der Waals surface area (Å²) in [6.45, 7) is 0. The van der Waals surface area contributed by atoms with Gasteiger partial charge in [-0.3, -0.25) is 4.79 Å². The van der Waals surface area contributed by atoms with Crippen LogP contribution in [-0.4, -0.2) is 15.9 Å². The quantitative estimate of drug-likeness (QED) is 0.826. The molecule has 1 heterocycles. The Morgan fingerprint density at radius 2 is 1.95 bits per heavy atom. The van der Waals surface area contributed by atoms with Crippen molar-refractivity contribution in [2.24, 2.45) is 5.92 Å². The van der Waals surface area contributed by atoms with Gasteiger partial charge >= 0.3 is 0 Å². The maximum Gasteiger partial charge on any atom is 0.234 e. The van der Waals surface area contributed by atoms with Gasteiger partial charge in [0.2, 0.25) is 5.89 Å². The zero-order valence-corrected chi connectivity index (χ0v) is 13.3. The first-order valence-electron chi connectivity index (χ1n) is 7.29. The molecule has 1 aromatic carbocycles. The molecule has 0 saturated heterocycles. The molecule has 0 spiro atoms. The Bertz CT molecular complexity index is 615. The molecule has 0 radical (unpaired) electrons. The van der Waals surface area contributed by atoms with E-state index in [1.807, 2.05) is 24.3 Å². The number of Topliss-reactive ketones (excluding diaryl/α,β-unsaturated/α-hetero) is 1. The molecule has 0 N–H and O–H groups in total. The van der Waals surface area contributed by atoms with Gasteiger partial charge in [0.1, 0.15) is 5.78 Å². The lowest BCUT2D eigenvalue weighted by molar-refractivity contribution is -0.122. The van der Waals surface area contributed by atoms with Crippen molar-refractivity contribution in [2.45, 2.75) is 38.5 Å². The third-order valence-electron chi connectivity index (χ3n) is 3.92. The van der Waals surface area contributed by atoms with Crippen molar-refractivity contribution in [1.82, 2.24) is 10.1 Å². The van der Waals surface area contributed by atoms with E-state index in [1.54, 1.807) is 0 Å². The van der Waals surface area contributed by atoms with Crippen LogP contribution in [0.2, 0.25) is 0 Å². The van der Waals surface area contributed by atoms with Crippen molar-refractivity contribution in [2.75, 3.05) is 0 Å². The van der Waals surface area contributed by atoms with E-state index < -0.39 is 0 Å². The molecule has 0 bridgehead atoms. The van der Waals surface area contributed by atoms with E-state index >= 15 is 0 Å². The highest BCUT2D eigenvalue weighted by atomic mass is 79.9. The number of halogens is 1. The van der Waals surface area contributed by atoms with E-state index in [4.69, 9.17) is 4.52 Å². The second kappa shape index (κ2) is 6.52. The van der Waals surface area contributed by atoms with E-state index in [0.29, 0.717) is 18.1 Å². The Labute approximate surface area is 132 Å². The number of rotatable bonds is 5. The van der Waals surface area contributed by atoms with Crippen LogP contribution < -0.4 is 0 Å². The molecule has 1 fully saturated rings. The SMILES string of the molecule is O=C(Cc1nc(Cc2ccc(Br)cc2)no1)C1CCCC1. The molecule has 1 aliphatic rings.